The molecule has 0 saturated heterocycles. The molecule has 0 aliphatic carbocycles. The minimum absolute atomic E-state index is 0.163. The molecule has 0 unspecified atom stereocenters. The summed E-state index contributed by atoms with van der Waals surface area (Å²) < 4.78 is 0. The second kappa shape index (κ2) is 6.06. The van der Waals surface area contributed by atoms with E-state index in [2.05, 4.69) is 11.1 Å². The Bertz CT molecular complexity index is 627. The monoisotopic (exact) mass is 281 g/mol. The molecule has 1 aliphatic rings. The number of fused-ring (bicyclic) bond motifs is 1. The van der Waals surface area contributed by atoms with Crippen LogP contribution in [0.2, 0.25) is 0 Å². The van der Waals surface area contributed by atoms with Crippen LogP contribution in [0.5, 0.6) is 0 Å². The summed E-state index contributed by atoms with van der Waals surface area (Å²) in [5.41, 5.74) is 3.50. The van der Waals surface area contributed by atoms with Crippen molar-refractivity contribution in [3.05, 3.63) is 59.9 Å². The molecule has 3 rings (SSSR count). The number of carbonyl (C=O) groups is 1. The zero-order valence-corrected chi connectivity index (χ0v) is 12.2. The summed E-state index contributed by atoms with van der Waals surface area (Å²) in [4.78, 5) is 20.4. The van der Waals surface area contributed by atoms with Gasteiger partial charge in [0, 0.05) is 31.2 Å². The lowest BCUT2D eigenvalue weighted by atomic mass is 10.2. The van der Waals surface area contributed by atoms with E-state index in [0.29, 0.717) is 6.54 Å². The molecule has 0 spiro atoms. The third-order valence-corrected chi connectivity index (χ3v) is 3.80. The van der Waals surface area contributed by atoms with Gasteiger partial charge in [-0.3, -0.25) is 14.7 Å². The lowest BCUT2D eigenvalue weighted by molar-refractivity contribution is -0.119. The van der Waals surface area contributed by atoms with E-state index in [1.807, 2.05) is 47.2 Å². The lowest BCUT2D eigenvalue weighted by Gasteiger charge is -2.22. The summed E-state index contributed by atoms with van der Waals surface area (Å²) in [5.74, 6) is 0.163. The molecular weight excluding hydrogens is 262 g/mol. The van der Waals surface area contributed by atoms with E-state index in [-0.39, 0.29) is 5.91 Å². The number of benzene rings is 1. The largest absolute Gasteiger partial charge is 0.311 e. The summed E-state index contributed by atoms with van der Waals surface area (Å²) in [6.07, 6.45) is 4.51. The van der Waals surface area contributed by atoms with E-state index in [9.17, 15) is 4.79 Å². The van der Waals surface area contributed by atoms with Crippen LogP contribution in [0.3, 0.4) is 0 Å². The van der Waals surface area contributed by atoms with Crippen molar-refractivity contribution < 1.29 is 4.79 Å². The van der Waals surface area contributed by atoms with Crippen LogP contribution in [0, 0.1) is 0 Å². The number of hydrogen-bond acceptors (Lipinski definition) is 3. The molecule has 0 radical (unpaired) electrons. The van der Waals surface area contributed by atoms with Crippen LogP contribution in [0.25, 0.3) is 0 Å². The summed E-state index contributed by atoms with van der Waals surface area (Å²) in [5, 5.41) is 0. The van der Waals surface area contributed by atoms with Crippen molar-refractivity contribution in [3.63, 3.8) is 0 Å². The fraction of sp³-hybridized carbons (Fsp3) is 0.294. The highest BCUT2D eigenvalue weighted by atomic mass is 16.2. The molecule has 2 heterocycles. The topological polar surface area (TPSA) is 36.4 Å². The SMILES string of the molecule is CN(CC(=O)N1CCc2ccccc21)Cc1ccncc1. The van der Waals surface area contributed by atoms with Crippen LogP contribution in [-0.4, -0.2) is 35.9 Å². The summed E-state index contributed by atoms with van der Waals surface area (Å²) >= 11 is 0. The van der Waals surface area contributed by atoms with Crippen molar-refractivity contribution in [1.82, 2.24) is 9.88 Å². The maximum Gasteiger partial charge on any atom is 0.241 e. The van der Waals surface area contributed by atoms with Crippen LogP contribution in [-0.2, 0) is 17.8 Å². The van der Waals surface area contributed by atoms with E-state index in [0.717, 1.165) is 25.2 Å². The molecule has 0 fully saturated rings. The highest BCUT2D eigenvalue weighted by Gasteiger charge is 2.24. The lowest BCUT2D eigenvalue weighted by Crippen LogP contribution is -2.37. The minimum atomic E-state index is 0.163. The molecule has 4 nitrogen and oxygen atoms in total. The molecule has 1 aliphatic heterocycles. The van der Waals surface area contributed by atoms with Gasteiger partial charge in [0.2, 0.25) is 5.91 Å². The van der Waals surface area contributed by atoms with Gasteiger partial charge < -0.3 is 4.90 Å². The Morgan fingerprint density at radius 1 is 1.24 bits per heavy atom. The van der Waals surface area contributed by atoms with Crippen molar-refractivity contribution in [2.24, 2.45) is 0 Å². The standard InChI is InChI=1S/C17H19N3O/c1-19(12-14-6-9-18-10-7-14)13-17(21)20-11-8-15-4-2-3-5-16(15)20/h2-7,9-10H,8,11-13H2,1H3. The third-order valence-electron chi connectivity index (χ3n) is 3.80. The van der Waals surface area contributed by atoms with Gasteiger partial charge in [-0.15, -0.1) is 0 Å². The van der Waals surface area contributed by atoms with E-state index >= 15 is 0 Å². The Morgan fingerprint density at radius 3 is 2.81 bits per heavy atom. The highest BCUT2D eigenvalue weighted by Crippen LogP contribution is 2.27. The Labute approximate surface area is 125 Å². The van der Waals surface area contributed by atoms with Crippen molar-refractivity contribution in [1.29, 1.82) is 0 Å². The average Bonchev–Trinajstić information content (AvgIpc) is 2.92. The van der Waals surface area contributed by atoms with Crippen molar-refractivity contribution in [2.75, 3.05) is 25.0 Å². The first kappa shape index (κ1) is 13.8. The van der Waals surface area contributed by atoms with Gasteiger partial charge in [-0.1, -0.05) is 18.2 Å². The number of para-hydroxylation sites is 1. The predicted octanol–water partition coefficient (Wildman–Crippen LogP) is 2.10. The molecule has 0 saturated carbocycles. The van der Waals surface area contributed by atoms with Gasteiger partial charge in [0.05, 0.1) is 6.54 Å². The fourth-order valence-electron chi connectivity index (χ4n) is 2.77. The highest BCUT2D eigenvalue weighted by molar-refractivity contribution is 5.96. The Kier molecular flexibility index (Phi) is 3.97. The normalized spacial score (nSPS) is 13.5. The van der Waals surface area contributed by atoms with Crippen molar-refractivity contribution in [3.8, 4) is 0 Å². The van der Waals surface area contributed by atoms with Crippen LogP contribution >= 0.6 is 0 Å². The molecule has 1 aromatic carbocycles. The van der Waals surface area contributed by atoms with Gasteiger partial charge in [0.15, 0.2) is 0 Å². The molecule has 1 amide bonds. The third kappa shape index (κ3) is 3.11. The maximum absolute atomic E-state index is 12.5. The minimum Gasteiger partial charge on any atom is -0.311 e. The zero-order chi connectivity index (χ0) is 14.7. The van der Waals surface area contributed by atoms with E-state index in [1.165, 1.54) is 11.1 Å². The summed E-state index contributed by atoms with van der Waals surface area (Å²) in [7, 11) is 1.97. The zero-order valence-electron chi connectivity index (χ0n) is 12.2. The Hall–Kier alpha value is -2.20. The van der Waals surface area contributed by atoms with Crippen LogP contribution in [0.4, 0.5) is 5.69 Å². The van der Waals surface area contributed by atoms with Gasteiger partial charge in [0.25, 0.3) is 0 Å². The van der Waals surface area contributed by atoms with Gasteiger partial charge >= 0.3 is 0 Å². The molecule has 108 valence electrons. The number of nitrogens with zero attached hydrogens (tertiary/aromatic N) is 3. The van der Waals surface area contributed by atoms with E-state index in [1.54, 1.807) is 12.4 Å². The molecule has 2 aromatic rings. The number of pyridine rings is 1. The number of anilines is 1. The number of amides is 1. The summed E-state index contributed by atoms with van der Waals surface area (Å²) in [6.45, 7) is 1.97. The first-order valence-electron chi connectivity index (χ1n) is 7.20. The second-order valence-corrected chi connectivity index (χ2v) is 5.45. The number of aromatic nitrogens is 1. The van der Waals surface area contributed by atoms with Gasteiger partial charge in [-0.2, -0.15) is 0 Å². The van der Waals surface area contributed by atoms with Crippen LogP contribution in [0.15, 0.2) is 48.8 Å². The quantitative estimate of drug-likeness (QED) is 0.861. The first-order valence-corrected chi connectivity index (χ1v) is 7.20. The molecule has 0 bridgehead atoms. The second-order valence-electron chi connectivity index (χ2n) is 5.45. The van der Waals surface area contributed by atoms with Crippen LogP contribution < -0.4 is 4.90 Å². The maximum atomic E-state index is 12.5. The molecule has 1 aromatic heterocycles. The number of rotatable bonds is 4. The number of carbonyl (C=O) groups excluding carboxylic acids is 1. The van der Waals surface area contributed by atoms with Crippen LogP contribution in [0.1, 0.15) is 11.1 Å². The Balaban J connectivity index is 1.62. The Morgan fingerprint density at radius 2 is 2.00 bits per heavy atom. The molecule has 0 N–H and O–H groups in total. The first-order chi connectivity index (χ1) is 10.2. The fourth-order valence-corrected chi connectivity index (χ4v) is 2.77. The van der Waals surface area contributed by atoms with Crippen molar-refractivity contribution >= 4 is 11.6 Å². The smallest absolute Gasteiger partial charge is 0.241 e. The van der Waals surface area contributed by atoms with E-state index < -0.39 is 0 Å². The van der Waals surface area contributed by atoms with Gasteiger partial charge in [0.1, 0.15) is 0 Å². The van der Waals surface area contributed by atoms with Gasteiger partial charge in [-0.05, 0) is 42.8 Å². The van der Waals surface area contributed by atoms with Gasteiger partial charge in [-0.25, -0.2) is 0 Å². The molecule has 4 heteroatoms. The predicted molar refractivity (Wildman–Crippen MR) is 83.1 cm³/mol. The van der Waals surface area contributed by atoms with E-state index in [4.69, 9.17) is 0 Å². The molecular formula is C17H19N3O. The molecule has 0 atom stereocenters. The number of hydrogen-bond donors (Lipinski definition) is 0. The summed E-state index contributed by atoms with van der Waals surface area (Å²) in [6, 6.07) is 12.1. The van der Waals surface area contributed by atoms with Crippen molar-refractivity contribution in [2.45, 2.75) is 13.0 Å². The molecule has 21 heavy (non-hydrogen) atoms. The average molecular weight is 281 g/mol. The number of likely N-dealkylation sites (N-methyl/N-ethyl adjacent to an activating group) is 1.